The van der Waals surface area contributed by atoms with Gasteiger partial charge in [-0.15, -0.1) is 0 Å². The minimum Gasteiger partial charge on any atom is -0.483 e. The Kier molecular flexibility index (Phi) is 6.72. The SMILES string of the molecule is CSC(C)CNC(=O)COc1ccccc1/C(N)=N/O. The molecule has 1 unspecified atom stereocenters. The van der Waals surface area contributed by atoms with Gasteiger partial charge in [-0.25, -0.2) is 0 Å². The minimum atomic E-state index is -0.208. The molecule has 4 N–H and O–H groups in total. The predicted octanol–water partition coefficient (Wildman–Crippen LogP) is 1.03. The van der Waals surface area contributed by atoms with E-state index in [1.807, 2.05) is 13.2 Å². The van der Waals surface area contributed by atoms with E-state index in [-0.39, 0.29) is 18.3 Å². The van der Waals surface area contributed by atoms with Crippen molar-refractivity contribution in [2.45, 2.75) is 12.2 Å². The second-order valence-corrected chi connectivity index (χ2v) is 5.40. The average Bonchev–Trinajstić information content (AvgIpc) is 2.49. The number of amides is 1. The zero-order valence-electron chi connectivity index (χ0n) is 11.5. The van der Waals surface area contributed by atoms with Crippen LogP contribution in [0.3, 0.4) is 0 Å². The van der Waals surface area contributed by atoms with Crippen molar-refractivity contribution in [1.82, 2.24) is 5.32 Å². The summed E-state index contributed by atoms with van der Waals surface area (Å²) in [5.74, 6) is 0.132. The van der Waals surface area contributed by atoms with Gasteiger partial charge in [0.25, 0.3) is 5.91 Å². The Morgan fingerprint density at radius 2 is 2.25 bits per heavy atom. The van der Waals surface area contributed by atoms with Crippen LogP contribution < -0.4 is 15.8 Å². The number of hydrogen-bond acceptors (Lipinski definition) is 5. The van der Waals surface area contributed by atoms with Crippen LogP contribution in [-0.4, -0.2) is 41.6 Å². The molecule has 7 heteroatoms. The van der Waals surface area contributed by atoms with E-state index in [9.17, 15) is 4.79 Å². The number of benzene rings is 1. The first-order valence-corrected chi connectivity index (χ1v) is 7.36. The van der Waals surface area contributed by atoms with Gasteiger partial charge in [-0.1, -0.05) is 24.2 Å². The zero-order chi connectivity index (χ0) is 15.0. The number of nitrogens with one attached hydrogen (secondary N) is 1. The Bertz CT molecular complexity index is 480. The fourth-order valence-corrected chi connectivity index (χ4v) is 1.64. The van der Waals surface area contributed by atoms with Crippen LogP contribution in [0.1, 0.15) is 12.5 Å². The number of ether oxygens (including phenoxy) is 1. The van der Waals surface area contributed by atoms with Crippen molar-refractivity contribution in [2.24, 2.45) is 10.9 Å². The predicted molar refractivity (Wildman–Crippen MR) is 80.4 cm³/mol. The van der Waals surface area contributed by atoms with E-state index in [1.165, 1.54) is 0 Å². The Labute approximate surface area is 122 Å². The highest BCUT2D eigenvalue weighted by atomic mass is 32.2. The maximum Gasteiger partial charge on any atom is 0.257 e. The summed E-state index contributed by atoms with van der Waals surface area (Å²) in [4.78, 5) is 11.6. The molecule has 0 aliphatic rings. The monoisotopic (exact) mass is 297 g/mol. The lowest BCUT2D eigenvalue weighted by molar-refractivity contribution is -0.123. The van der Waals surface area contributed by atoms with E-state index in [4.69, 9.17) is 15.7 Å². The molecule has 0 radical (unpaired) electrons. The molecule has 1 aromatic carbocycles. The average molecular weight is 297 g/mol. The van der Waals surface area contributed by atoms with Crippen molar-refractivity contribution < 1.29 is 14.7 Å². The van der Waals surface area contributed by atoms with Crippen LogP contribution in [0.25, 0.3) is 0 Å². The van der Waals surface area contributed by atoms with Crippen molar-refractivity contribution in [3.8, 4) is 5.75 Å². The number of hydrogen-bond donors (Lipinski definition) is 3. The quantitative estimate of drug-likeness (QED) is 0.302. The zero-order valence-corrected chi connectivity index (χ0v) is 12.3. The highest BCUT2D eigenvalue weighted by Crippen LogP contribution is 2.17. The van der Waals surface area contributed by atoms with Crippen molar-refractivity contribution in [3.63, 3.8) is 0 Å². The summed E-state index contributed by atoms with van der Waals surface area (Å²) in [5.41, 5.74) is 5.98. The number of carbonyl (C=O) groups is 1. The summed E-state index contributed by atoms with van der Waals surface area (Å²) < 4.78 is 5.40. The molecule has 6 nitrogen and oxygen atoms in total. The molecule has 110 valence electrons. The second-order valence-electron chi connectivity index (χ2n) is 4.12. The molecule has 1 rings (SSSR count). The van der Waals surface area contributed by atoms with Crippen molar-refractivity contribution in [1.29, 1.82) is 0 Å². The van der Waals surface area contributed by atoms with Crippen LogP contribution in [-0.2, 0) is 4.79 Å². The molecule has 0 saturated heterocycles. The van der Waals surface area contributed by atoms with E-state index in [2.05, 4.69) is 10.5 Å². The standard InChI is InChI=1S/C13H19N3O3S/c1-9(20-2)7-15-12(17)8-19-11-6-4-3-5-10(11)13(14)16-18/h3-6,9,18H,7-8H2,1-2H3,(H2,14,16)(H,15,17). The van der Waals surface area contributed by atoms with Gasteiger partial charge >= 0.3 is 0 Å². The van der Waals surface area contributed by atoms with Crippen molar-refractivity contribution in [2.75, 3.05) is 19.4 Å². The normalized spacial score (nSPS) is 12.8. The number of oxime groups is 1. The molecule has 0 spiro atoms. The van der Waals surface area contributed by atoms with Gasteiger partial charge in [-0.3, -0.25) is 4.79 Å². The molecule has 1 amide bonds. The Hall–Kier alpha value is -1.89. The van der Waals surface area contributed by atoms with E-state index < -0.39 is 0 Å². The fourth-order valence-electron chi connectivity index (χ4n) is 1.39. The molecule has 1 aromatic rings. The summed E-state index contributed by atoms with van der Waals surface area (Å²) in [6.45, 7) is 2.50. The Morgan fingerprint density at radius 3 is 2.90 bits per heavy atom. The minimum absolute atomic E-state index is 0.0583. The van der Waals surface area contributed by atoms with Gasteiger partial charge in [-0.05, 0) is 18.4 Å². The van der Waals surface area contributed by atoms with Gasteiger partial charge in [0.15, 0.2) is 12.4 Å². The topological polar surface area (TPSA) is 96.9 Å². The van der Waals surface area contributed by atoms with Gasteiger partial charge in [0, 0.05) is 11.8 Å². The third-order valence-corrected chi connectivity index (χ3v) is 3.59. The Balaban J connectivity index is 2.56. The Morgan fingerprint density at radius 1 is 1.55 bits per heavy atom. The first-order chi connectivity index (χ1) is 9.58. The van der Waals surface area contributed by atoms with Gasteiger partial charge in [0.1, 0.15) is 5.75 Å². The van der Waals surface area contributed by atoms with E-state index in [0.717, 1.165) is 0 Å². The molecule has 0 aliphatic carbocycles. The molecule has 0 aliphatic heterocycles. The first kappa shape index (κ1) is 16.2. The maximum absolute atomic E-state index is 11.6. The number of nitrogens with zero attached hydrogens (tertiary/aromatic N) is 1. The largest absolute Gasteiger partial charge is 0.483 e. The first-order valence-electron chi connectivity index (χ1n) is 6.07. The van der Waals surface area contributed by atoms with Crippen LogP contribution in [0, 0.1) is 0 Å². The number of amidine groups is 1. The summed E-state index contributed by atoms with van der Waals surface area (Å²) in [7, 11) is 0. The van der Waals surface area contributed by atoms with E-state index >= 15 is 0 Å². The molecule has 0 bridgehead atoms. The molecule has 0 aromatic heterocycles. The maximum atomic E-state index is 11.6. The number of carbonyl (C=O) groups excluding carboxylic acids is 1. The molecule has 20 heavy (non-hydrogen) atoms. The van der Waals surface area contributed by atoms with Gasteiger partial charge in [-0.2, -0.15) is 11.8 Å². The lowest BCUT2D eigenvalue weighted by Crippen LogP contribution is -2.33. The molecular formula is C13H19N3O3S. The number of nitrogens with two attached hydrogens (primary N) is 1. The summed E-state index contributed by atoms with van der Waals surface area (Å²) in [6.07, 6.45) is 1.99. The lowest BCUT2D eigenvalue weighted by atomic mass is 10.2. The summed E-state index contributed by atoms with van der Waals surface area (Å²) in [5, 5.41) is 14.7. The lowest BCUT2D eigenvalue weighted by Gasteiger charge is -2.12. The van der Waals surface area contributed by atoms with E-state index in [0.29, 0.717) is 23.1 Å². The molecule has 1 atom stereocenters. The molecule has 0 heterocycles. The second kappa shape index (κ2) is 8.31. The van der Waals surface area contributed by atoms with Crippen LogP contribution >= 0.6 is 11.8 Å². The molecular weight excluding hydrogens is 278 g/mol. The number of thioether (sulfide) groups is 1. The van der Waals surface area contributed by atoms with Crippen LogP contribution in [0.4, 0.5) is 0 Å². The number of rotatable bonds is 7. The van der Waals surface area contributed by atoms with Crippen molar-refractivity contribution >= 4 is 23.5 Å². The van der Waals surface area contributed by atoms with E-state index in [1.54, 1.807) is 36.0 Å². The van der Waals surface area contributed by atoms with Gasteiger partial charge in [0.05, 0.1) is 5.56 Å². The van der Waals surface area contributed by atoms with Crippen LogP contribution in [0.5, 0.6) is 5.75 Å². The summed E-state index contributed by atoms with van der Waals surface area (Å²) in [6, 6.07) is 6.79. The van der Waals surface area contributed by atoms with Crippen molar-refractivity contribution in [3.05, 3.63) is 29.8 Å². The molecule has 0 saturated carbocycles. The molecule has 0 fully saturated rings. The summed E-state index contributed by atoms with van der Waals surface area (Å²) >= 11 is 1.67. The van der Waals surface area contributed by atoms with Crippen LogP contribution in [0.15, 0.2) is 29.4 Å². The van der Waals surface area contributed by atoms with Crippen LogP contribution in [0.2, 0.25) is 0 Å². The highest BCUT2D eigenvalue weighted by Gasteiger charge is 2.10. The van der Waals surface area contributed by atoms with Gasteiger partial charge in [0.2, 0.25) is 0 Å². The highest BCUT2D eigenvalue weighted by molar-refractivity contribution is 7.99. The smallest absolute Gasteiger partial charge is 0.257 e. The van der Waals surface area contributed by atoms with Gasteiger partial charge < -0.3 is 21.0 Å². The number of para-hydroxylation sites is 1. The fraction of sp³-hybridized carbons (Fsp3) is 0.385. The third kappa shape index (κ3) is 5.00. The third-order valence-electron chi connectivity index (χ3n) is 2.62.